The molecule has 1 aliphatic rings. The number of rotatable bonds is 4. The molecule has 6 heteroatoms. The lowest BCUT2D eigenvalue weighted by molar-refractivity contribution is -0.144. The highest BCUT2D eigenvalue weighted by Gasteiger charge is 2.30. The fourth-order valence-electron chi connectivity index (χ4n) is 3.05. The van der Waals surface area contributed by atoms with Crippen LogP contribution in [-0.4, -0.2) is 39.2 Å². The van der Waals surface area contributed by atoms with Gasteiger partial charge in [-0.1, -0.05) is 29.4 Å². The SMILES string of the molecule is Cc1ccccc1-c1noc(C(C)N2CCCC(C(=O)O)C2)n1. The predicted molar refractivity (Wildman–Crippen MR) is 84.8 cm³/mol. The molecule has 3 rings (SSSR count). The summed E-state index contributed by atoms with van der Waals surface area (Å²) in [6, 6.07) is 7.82. The second-order valence-electron chi connectivity index (χ2n) is 6.12. The summed E-state index contributed by atoms with van der Waals surface area (Å²) >= 11 is 0. The molecular formula is C17H21N3O3. The topological polar surface area (TPSA) is 79.5 Å². The van der Waals surface area contributed by atoms with E-state index in [4.69, 9.17) is 4.52 Å². The van der Waals surface area contributed by atoms with Gasteiger partial charge in [0.15, 0.2) is 0 Å². The maximum Gasteiger partial charge on any atom is 0.307 e. The average Bonchev–Trinajstić information content (AvgIpc) is 3.04. The van der Waals surface area contributed by atoms with Crippen LogP contribution >= 0.6 is 0 Å². The Hall–Kier alpha value is -2.21. The number of carbonyl (C=O) groups is 1. The van der Waals surface area contributed by atoms with E-state index in [0.29, 0.717) is 18.3 Å². The van der Waals surface area contributed by atoms with Crippen LogP contribution < -0.4 is 0 Å². The normalized spacial score (nSPS) is 20.3. The quantitative estimate of drug-likeness (QED) is 0.934. The lowest BCUT2D eigenvalue weighted by Gasteiger charge is -2.33. The van der Waals surface area contributed by atoms with Crippen LogP contribution in [0.25, 0.3) is 11.4 Å². The lowest BCUT2D eigenvalue weighted by Crippen LogP contribution is -2.40. The molecule has 1 aliphatic heterocycles. The van der Waals surface area contributed by atoms with E-state index in [1.54, 1.807) is 0 Å². The molecule has 0 aliphatic carbocycles. The summed E-state index contributed by atoms with van der Waals surface area (Å²) < 4.78 is 5.43. The zero-order chi connectivity index (χ0) is 16.4. The van der Waals surface area contributed by atoms with Crippen LogP contribution in [-0.2, 0) is 4.79 Å². The van der Waals surface area contributed by atoms with Gasteiger partial charge in [0.05, 0.1) is 12.0 Å². The van der Waals surface area contributed by atoms with Crippen molar-refractivity contribution in [3.05, 3.63) is 35.7 Å². The number of carboxylic acid groups (broad SMARTS) is 1. The van der Waals surface area contributed by atoms with E-state index in [1.165, 1.54) is 0 Å². The number of benzene rings is 1. The Morgan fingerprint density at radius 3 is 2.96 bits per heavy atom. The molecule has 1 fully saturated rings. The Labute approximate surface area is 135 Å². The van der Waals surface area contributed by atoms with Gasteiger partial charge in [-0.25, -0.2) is 0 Å². The Kier molecular flexibility index (Phi) is 4.43. The monoisotopic (exact) mass is 315 g/mol. The first-order valence-corrected chi connectivity index (χ1v) is 7.92. The third-order valence-corrected chi connectivity index (χ3v) is 4.53. The molecule has 2 heterocycles. The highest BCUT2D eigenvalue weighted by atomic mass is 16.5. The van der Waals surface area contributed by atoms with Crippen LogP contribution in [0.2, 0.25) is 0 Å². The maximum atomic E-state index is 11.2. The molecule has 0 amide bonds. The van der Waals surface area contributed by atoms with Gasteiger partial charge in [0, 0.05) is 12.1 Å². The molecule has 122 valence electrons. The molecule has 0 saturated carbocycles. The molecule has 1 aromatic heterocycles. The second kappa shape index (κ2) is 6.50. The Bertz CT molecular complexity index is 698. The molecule has 6 nitrogen and oxygen atoms in total. The minimum Gasteiger partial charge on any atom is -0.481 e. The van der Waals surface area contributed by atoms with Gasteiger partial charge in [-0.2, -0.15) is 4.98 Å². The van der Waals surface area contributed by atoms with E-state index in [2.05, 4.69) is 15.0 Å². The third-order valence-electron chi connectivity index (χ3n) is 4.53. The fraction of sp³-hybridized carbons (Fsp3) is 0.471. The number of piperidine rings is 1. The number of hydrogen-bond acceptors (Lipinski definition) is 5. The van der Waals surface area contributed by atoms with Crippen LogP contribution in [0.3, 0.4) is 0 Å². The van der Waals surface area contributed by atoms with Crippen molar-refractivity contribution in [2.45, 2.75) is 32.7 Å². The molecule has 0 radical (unpaired) electrons. The minimum absolute atomic E-state index is 0.0811. The summed E-state index contributed by atoms with van der Waals surface area (Å²) in [5.41, 5.74) is 2.05. The van der Waals surface area contributed by atoms with Gasteiger partial charge >= 0.3 is 5.97 Å². The van der Waals surface area contributed by atoms with Crippen LogP contribution in [0.4, 0.5) is 0 Å². The molecule has 2 unspecified atom stereocenters. The molecule has 0 spiro atoms. The van der Waals surface area contributed by atoms with Crippen LogP contribution in [0.5, 0.6) is 0 Å². The largest absolute Gasteiger partial charge is 0.481 e. The molecule has 0 bridgehead atoms. The van der Waals surface area contributed by atoms with E-state index in [0.717, 1.165) is 30.5 Å². The first-order chi connectivity index (χ1) is 11.1. The van der Waals surface area contributed by atoms with Crippen molar-refractivity contribution in [3.8, 4) is 11.4 Å². The zero-order valence-electron chi connectivity index (χ0n) is 13.4. The number of aromatic nitrogens is 2. The first kappa shape index (κ1) is 15.7. The Balaban J connectivity index is 1.77. The summed E-state index contributed by atoms with van der Waals surface area (Å²) in [6.07, 6.45) is 1.61. The highest BCUT2D eigenvalue weighted by molar-refractivity contribution is 5.70. The summed E-state index contributed by atoms with van der Waals surface area (Å²) in [6.45, 7) is 5.38. The van der Waals surface area contributed by atoms with E-state index in [1.807, 2.05) is 38.1 Å². The number of aryl methyl sites for hydroxylation is 1. The van der Waals surface area contributed by atoms with E-state index in [9.17, 15) is 9.90 Å². The second-order valence-corrected chi connectivity index (χ2v) is 6.12. The molecule has 2 aromatic rings. The predicted octanol–water partition coefficient (Wildman–Crippen LogP) is 2.90. The number of aliphatic carboxylic acids is 1. The first-order valence-electron chi connectivity index (χ1n) is 7.92. The molecule has 23 heavy (non-hydrogen) atoms. The number of carboxylic acids is 1. The van der Waals surface area contributed by atoms with E-state index in [-0.39, 0.29) is 12.0 Å². The Morgan fingerprint density at radius 1 is 1.43 bits per heavy atom. The zero-order valence-corrected chi connectivity index (χ0v) is 13.4. The molecule has 1 saturated heterocycles. The molecule has 1 N–H and O–H groups in total. The third kappa shape index (κ3) is 3.27. The smallest absolute Gasteiger partial charge is 0.307 e. The standard InChI is InChI=1S/C17H21N3O3/c1-11-6-3-4-8-14(11)15-18-16(23-19-15)12(2)20-9-5-7-13(10-20)17(21)22/h3-4,6,8,12-13H,5,7,9-10H2,1-2H3,(H,21,22). The van der Waals surface area contributed by atoms with Crippen LogP contribution in [0, 0.1) is 12.8 Å². The molecule has 1 aromatic carbocycles. The van der Waals surface area contributed by atoms with Gasteiger partial charge in [-0.05, 0) is 38.8 Å². The molecular weight excluding hydrogens is 294 g/mol. The van der Waals surface area contributed by atoms with E-state index >= 15 is 0 Å². The van der Waals surface area contributed by atoms with E-state index < -0.39 is 5.97 Å². The van der Waals surface area contributed by atoms with Gasteiger partial charge in [0.1, 0.15) is 0 Å². The lowest BCUT2D eigenvalue weighted by atomic mass is 9.97. The van der Waals surface area contributed by atoms with Crippen molar-refractivity contribution in [3.63, 3.8) is 0 Å². The number of nitrogens with zero attached hydrogens (tertiary/aromatic N) is 3. The van der Waals surface area contributed by atoms with Gasteiger partial charge < -0.3 is 9.63 Å². The minimum atomic E-state index is -0.729. The van der Waals surface area contributed by atoms with Crippen molar-refractivity contribution >= 4 is 5.97 Å². The fourth-order valence-corrected chi connectivity index (χ4v) is 3.05. The molecule has 2 atom stereocenters. The van der Waals surface area contributed by atoms with Crippen molar-refractivity contribution in [2.75, 3.05) is 13.1 Å². The van der Waals surface area contributed by atoms with Gasteiger partial charge in [-0.3, -0.25) is 9.69 Å². The van der Waals surface area contributed by atoms with Crippen LogP contribution in [0.1, 0.15) is 37.3 Å². The van der Waals surface area contributed by atoms with Crippen LogP contribution in [0.15, 0.2) is 28.8 Å². The van der Waals surface area contributed by atoms with Gasteiger partial charge in [0.25, 0.3) is 0 Å². The van der Waals surface area contributed by atoms with Gasteiger partial charge in [0.2, 0.25) is 11.7 Å². The Morgan fingerprint density at radius 2 is 2.22 bits per heavy atom. The highest BCUT2D eigenvalue weighted by Crippen LogP contribution is 2.28. The maximum absolute atomic E-state index is 11.2. The van der Waals surface area contributed by atoms with Crippen molar-refractivity contribution in [2.24, 2.45) is 5.92 Å². The average molecular weight is 315 g/mol. The summed E-state index contributed by atoms with van der Waals surface area (Å²) in [5.74, 6) is 0.0732. The summed E-state index contributed by atoms with van der Waals surface area (Å²) in [5, 5.41) is 13.3. The summed E-state index contributed by atoms with van der Waals surface area (Å²) in [7, 11) is 0. The van der Waals surface area contributed by atoms with Crippen molar-refractivity contribution in [1.82, 2.24) is 15.0 Å². The van der Waals surface area contributed by atoms with Crippen molar-refractivity contribution < 1.29 is 14.4 Å². The van der Waals surface area contributed by atoms with Gasteiger partial charge in [-0.15, -0.1) is 0 Å². The summed E-state index contributed by atoms with van der Waals surface area (Å²) in [4.78, 5) is 17.8. The number of hydrogen-bond donors (Lipinski definition) is 1. The number of likely N-dealkylation sites (tertiary alicyclic amines) is 1. The van der Waals surface area contributed by atoms with Crippen molar-refractivity contribution in [1.29, 1.82) is 0 Å².